The molecule has 1 aliphatic rings. The second-order valence-electron chi connectivity index (χ2n) is 5.61. The average Bonchev–Trinajstić information content (AvgIpc) is 2.52. The number of hydrogen-bond donors (Lipinski definition) is 0. The molecule has 1 fully saturated rings. The molecular formula is C13H17BClFO3. The smallest absolute Gasteiger partial charge is 0.495 e. The zero-order valence-corrected chi connectivity index (χ0v) is 12.5. The Balaban J connectivity index is 2.37. The first-order valence-corrected chi connectivity index (χ1v) is 6.44. The van der Waals surface area contributed by atoms with Crippen LogP contribution < -0.4 is 10.2 Å². The summed E-state index contributed by atoms with van der Waals surface area (Å²) in [5.74, 6) is -0.280. The SMILES string of the molecule is COc1cc(B2OC(C)(C)C(C)(C)O2)cc(F)c1Cl. The van der Waals surface area contributed by atoms with Gasteiger partial charge in [0.1, 0.15) is 16.6 Å². The van der Waals surface area contributed by atoms with Crippen LogP contribution in [0.4, 0.5) is 4.39 Å². The van der Waals surface area contributed by atoms with E-state index in [4.69, 9.17) is 25.6 Å². The highest BCUT2D eigenvalue weighted by Crippen LogP contribution is 2.37. The van der Waals surface area contributed by atoms with Crippen molar-refractivity contribution in [2.75, 3.05) is 7.11 Å². The molecule has 0 aromatic heterocycles. The summed E-state index contributed by atoms with van der Waals surface area (Å²) in [6.45, 7) is 7.76. The van der Waals surface area contributed by atoms with Crippen LogP contribution >= 0.6 is 11.6 Å². The minimum atomic E-state index is -0.634. The Kier molecular flexibility index (Phi) is 3.58. The third-order valence-electron chi connectivity index (χ3n) is 3.76. The van der Waals surface area contributed by atoms with Crippen LogP contribution in [-0.2, 0) is 9.31 Å². The minimum Gasteiger partial charge on any atom is -0.495 e. The van der Waals surface area contributed by atoms with E-state index in [0.29, 0.717) is 5.46 Å². The fraction of sp³-hybridized carbons (Fsp3) is 0.538. The van der Waals surface area contributed by atoms with Gasteiger partial charge < -0.3 is 14.0 Å². The van der Waals surface area contributed by atoms with Crippen LogP contribution in [-0.4, -0.2) is 25.4 Å². The topological polar surface area (TPSA) is 27.7 Å². The summed E-state index contributed by atoms with van der Waals surface area (Å²) in [5, 5.41) is -0.0391. The fourth-order valence-corrected chi connectivity index (χ4v) is 2.03. The molecule has 0 unspecified atom stereocenters. The predicted octanol–water partition coefficient (Wildman–Crippen LogP) is 2.79. The molecule has 6 heteroatoms. The summed E-state index contributed by atoms with van der Waals surface area (Å²) in [6.07, 6.45) is 0. The molecule has 2 rings (SSSR count). The van der Waals surface area contributed by atoms with Crippen molar-refractivity contribution in [1.82, 2.24) is 0 Å². The molecule has 19 heavy (non-hydrogen) atoms. The Labute approximate surface area is 118 Å². The molecule has 1 heterocycles. The lowest BCUT2D eigenvalue weighted by atomic mass is 9.79. The van der Waals surface area contributed by atoms with E-state index >= 15 is 0 Å². The van der Waals surface area contributed by atoms with Gasteiger partial charge >= 0.3 is 7.12 Å². The zero-order chi connectivity index (χ0) is 14.4. The Morgan fingerprint density at radius 2 is 1.68 bits per heavy atom. The molecule has 0 bridgehead atoms. The average molecular weight is 287 g/mol. The van der Waals surface area contributed by atoms with Crippen molar-refractivity contribution >= 4 is 24.2 Å². The fourth-order valence-electron chi connectivity index (χ4n) is 1.85. The van der Waals surface area contributed by atoms with Gasteiger partial charge in [-0.3, -0.25) is 0 Å². The highest BCUT2D eigenvalue weighted by molar-refractivity contribution is 6.62. The summed E-state index contributed by atoms with van der Waals surface area (Å²) in [4.78, 5) is 0. The van der Waals surface area contributed by atoms with Crippen molar-refractivity contribution in [3.05, 3.63) is 23.0 Å². The van der Waals surface area contributed by atoms with Gasteiger partial charge in [-0.2, -0.15) is 0 Å². The highest BCUT2D eigenvalue weighted by atomic mass is 35.5. The van der Waals surface area contributed by atoms with Crippen LogP contribution in [0.15, 0.2) is 12.1 Å². The maximum absolute atomic E-state index is 13.7. The molecular weight excluding hydrogens is 269 g/mol. The van der Waals surface area contributed by atoms with Crippen molar-refractivity contribution in [2.45, 2.75) is 38.9 Å². The number of ether oxygens (including phenoxy) is 1. The zero-order valence-electron chi connectivity index (χ0n) is 11.7. The third kappa shape index (κ3) is 2.47. The molecule has 3 nitrogen and oxygen atoms in total. The molecule has 0 saturated carbocycles. The van der Waals surface area contributed by atoms with E-state index < -0.39 is 24.1 Å². The van der Waals surface area contributed by atoms with Crippen LogP contribution in [0.5, 0.6) is 5.75 Å². The number of hydrogen-bond acceptors (Lipinski definition) is 3. The monoisotopic (exact) mass is 286 g/mol. The van der Waals surface area contributed by atoms with Crippen molar-refractivity contribution in [1.29, 1.82) is 0 Å². The van der Waals surface area contributed by atoms with Gasteiger partial charge in [-0.25, -0.2) is 4.39 Å². The molecule has 0 aliphatic carbocycles. The summed E-state index contributed by atoms with van der Waals surface area (Å²) >= 11 is 5.80. The third-order valence-corrected chi connectivity index (χ3v) is 4.13. The van der Waals surface area contributed by atoms with Crippen molar-refractivity contribution in [2.24, 2.45) is 0 Å². The van der Waals surface area contributed by atoms with Crippen molar-refractivity contribution in [3.8, 4) is 5.75 Å². The molecule has 0 spiro atoms. The van der Waals surface area contributed by atoms with Crippen LogP contribution in [0.25, 0.3) is 0 Å². The summed E-state index contributed by atoms with van der Waals surface area (Å²) in [6, 6.07) is 2.94. The molecule has 1 aliphatic heterocycles. The van der Waals surface area contributed by atoms with Crippen LogP contribution in [0.3, 0.4) is 0 Å². The minimum absolute atomic E-state index is 0.0391. The first kappa shape index (κ1) is 14.6. The van der Waals surface area contributed by atoms with E-state index in [1.165, 1.54) is 13.2 Å². The number of halogens is 2. The molecule has 0 radical (unpaired) electrons. The van der Waals surface area contributed by atoms with Crippen molar-refractivity contribution in [3.63, 3.8) is 0 Å². The van der Waals surface area contributed by atoms with E-state index in [2.05, 4.69) is 0 Å². The molecule has 1 saturated heterocycles. The number of rotatable bonds is 2. The Morgan fingerprint density at radius 1 is 1.16 bits per heavy atom. The number of methoxy groups -OCH3 is 1. The van der Waals surface area contributed by atoms with Gasteiger partial charge in [0, 0.05) is 0 Å². The first-order valence-electron chi connectivity index (χ1n) is 6.06. The predicted molar refractivity (Wildman–Crippen MR) is 73.7 cm³/mol. The van der Waals surface area contributed by atoms with Crippen LogP contribution in [0, 0.1) is 5.82 Å². The van der Waals surface area contributed by atoms with Crippen molar-refractivity contribution < 1.29 is 18.4 Å². The van der Waals surface area contributed by atoms with E-state index in [1.807, 2.05) is 27.7 Å². The lowest BCUT2D eigenvalue weighted by molar-refractivity contribution is 0.00578. The maximum Gasteiger partial charge on any atom is 0.495 e. The van der Waals surface area contributed by atoms with Gasteiger partial charge in [0.2, 0.25) is 0 Å². The van der Waals surface area contributed by atoms with Gasteiger partial charge in [-0.15, -0.1) is 0 Å². The van der Waals surface area contributed by atoms with E-state index in [1.54, 1.807) is 6.07 Å². The lowest BCUT2D eigenvalue weighted by Gasteiger charge is -2.32. The second-order valence-corrected chi connectivity index (χ2v) is 5.99. The Morgan fingerprint density at radius 3 is 2.16 bits per heavy atom. The standard InChI is InChI=1S/C13H17BClFO3/c1-12(2)13(3,4)19-14(18-12)8-6-9(16)11(15)10(7-8)17-5/h6-7H,1-5H3. The molecule has 1 aromatic carbocycles. The van der Waals surface area contributed by atoms with Gasteiger partial charge in [0.15, 0.2) is 0 Å². The quantitative estimate of drug-likeness (QED) is 0.783. The molecule has 104 valence electrons. The molecule has 0 N–H and O–H groups in total. The van der Waals surface area contributed by atoms with Gasteiger partial charge in [0.05, 0.1) is 18.3 Å². The first-order chi connectivity index (χ1) is 8.68. The highest BCUT2D eigenvalue weighted by Gasteiger charge is 2.51. The van der Waals surface area contributed by atoms with E-state index in [0.717, 1.165) is 0 Å². The van der Waals surface area contributed by atoms with Gasteiger partial charge in [-0.05, 0) is 45.3 Å². The normalized spacial score (nSPS) is 20.7. The van der Waals surface area contributed by atoms with Crippen LogP contribution in [0.2, 0.25) is 5.02 Å². The molecule has 1 aromatic rings. The maximum atomic E-state index is 13.7. The summed E-state index contributed by atoms with van der Waals surface area (Å²) < 4.78 is 30.5. The van der Waals surface area contributed by atoms with E-state index in [9.17, 15) is 4.39 Å². The lowest BCUT2D eigenvalue weighted by Crippen LogP contribution is -2.41. The molecule has 0 atom stereocenters. The van der Waals surface area contributed by atoms with Crippen LogP contribution in [0.1, 0.15) is 27.7 Å². The van der Waals surface area contributed by atoms with Gasteiger partial charge in [-0.1, -0.05) is 11.6 Å². The number of benzene rings is 1. The van der Waals surface area contributed by atoms with Gasteiger partial charge in [0.25, 0.3) is 0 Å². The Bertz CT molecular complexity index is 489. The Hall–Kier alpha value is -0.775. The summed E-state index contributed by atoms with van der Waals surface area (Å²) in [5.41, 5.74) is -0.389. The summed E-state index contributed by atoms with van der Waals surface area (Å²) in [7, 11) is 0.806. The largest absolute Gasteiger partial charge is 0.495 e. The second kappa shape index (κ2) is 4.65. The molecule has 0 amide bonds. The van der Waals surface area contributed by atoms with E-state index in [-0.39, 0.29) is 10.8 Å².